The highest BCUT2D eigenvalue weighted by Crippen LogP contribution is 1.94. The number of ether oxygens (including phenoxy) is 1. The number of nitrogens with one attached hydrogen (secondary N) is 2. The minimum atomic E-state index is 0.781. The van der Waals surface area contributed by atoms with Gasteiger partial charge >= 0.3 is 0 Å². The summed E-state index contributed by atoms with van der Waals surface area (Å²) in [6.07, 6.45) is 5.05. The van der Waals surface area contributed by atoms with Crippen LogP contribution in [0.3, 0.4) is 0 Å². The van der Waals surface area contributed by atoms with Gasteiger partial charge in [-0.15, -0.1) is 0 Å². The molecule has 0 aromatic carbocycles. The Labute approximate surface area is 97.2 Å². The van der Waals surface area contributed by atoms with Crippen molar-refractivity contribution in [3.05, 3.63) is 18.0 Å². The average Bonchev–Trinajstić information content (AvgIpc) is 2.68. The molecule has 5 heteroatoms. The molecule has 0 aliphatic heterocycles. The predicted molar refractivity (Wildman–Crippen MR) is 64.3 cm³/mol. The standard InChI is InChI=1S/C11H22N4O/c1-15-10-11(9-14-15)8-13-5-3-4-12-6-7-16-2/h9-10,12-13H,3-8H2,1-2H3. The number of methoxy groups -OCH3 is 1. The normalized spacial score (nSPS) is 10.9. The van der Waals surface area contributed by atoms with Gasteiger partial charge in [0.1, 0.15) is 0 Å². The molecule has 0 amide bonds. The highest BCUT2D eigenvalue weighted by molar-refractivity contribution is 5.02. The van der Waals surface area contributed by atoms with Crippen molar-refractivity contribution < 1.29 is 4.74 Å². The zero-order chi connectivity index (χ0) is 11.6. The van der Waals surface area contributed by atoms with Crippen LogP contribution in [0.4, 0.5) is 0 Å². The molecule has 0 saturated heterocycles. The Morgan fingerprint density at radius 2 is 2.12 bits per heavy atom. The van der Waals surface area contributed by atoms with Crippen molar-refractivity contribution in [2.75, 3.05) is 33.4 Å². The lowest BCUT2D eigenvalue weighted by atomic mass is 10.3. The van der Waals surface area contributed by atoms with Crippen LogP contribution in [-0.4, -0.2) is 43.1 Å². The molecule has 1 heterocycles. The lowest BCUT2D eigenvalue weighted by molar-refractivity contribution is 0.199. The molecule has 16 heavy (non-hydrogen) atoms. The lowest BCUT2D eigenvalue weighted by Gasteiger charge is -2.04. The van der Waals surface area contributed by atoms with Crippen LogP contribution in [0.2, 0.25) is 0 Å². The smallest absolute Gasteiger partial charge is 0.0587 e. The Balaban J connectivity index is 1.88. The molecule has 0 bridgehead atoms. The molecule has 0 atom stereocenters. The third-order valence-corrected chi connectivity index (χ3v) is 2.28. The number of nitrogens with zero attached hydrogens (tertiary/aromatic N) is 2. The Morgan fingerprint density at radius 1 is 1.31 bits per heavy atom. The summed E-state index contributed by atoms with van der Waals surface area (Å²) in [5, 5.41) is 10.8. The van der Waals surface area contributed by atoms with Crippen LogP contribution in [0.15, 0.2) is 12.4 Å². The Morgan fingerprint density at radius 3 is 2.81 bits per heavy atom. The third-order valence-electron chi connectivity index (χ3n) is 2.28. The Kier molecular flexibility index (Phi) is 6.80. The summed E-state index contributed by atoms with van der Waals surface area (Å²) in [7, 11) is 3.65. The molecule has 0 unspecified atom stereocenters. The van der Waals surface area contributed by atoms with Crippen molar-refractivity contribution in [2.24, 2.45) is 7.05 Å². The van der Waals surface area contributed by atoms with E-state index in [9.17, 15) is 0 Å². The lowest BCUT2D eigenvalue weighted by Crippen LogP contribution is -2.24. The largest absolute Gasteiger partial charge is 0.383 e. The maximum atomic E-state index is 4.94. The van der Waals surface area contributed by atoms with Crippen molar-refractivity contribution in [2.45, 2.75) is 13.0 Å². The van der Waals surface area contributed by atoms with Crippen LogP contribution in [0, 0.1) is 0 Å². The Bertz CT molecular complexity index is 275. The fourth-order valence-electron chi connectivity index (χ4n) is 1.43. The number of aryl methyl sites for hydroxylation is 1. The van der Waals surface area contributed by atoms with Crippen LogP contribution in [-0.2, 0) is 18.3 Å². The van der Waals surface area contributed by atoms with E-state index >= 15 is 0 Å². The van der Waals surface area contributed by atoms with Crippen LogP contribution in [0.1, 0.15) is 12.0 Å². The van der Waals surface area contributed by atoms with Crippen LogP contribution in [0.5, 0.6) is 0 Å². The van der Waals surface area contributed by atoms with Crippen molar-refractivity contribution in [1.82, 2.24) is 20.4 Å². The monoisotopic (exact) mass is 226 g/mol. The molecule has 0 spiro atoms. The molecular weight excluding hydrogens is 204 g/mol. The second-order valence-electron chi connectivity index (χ2n) is 3.80. The molecule has 0 fully saturated rings. The first-order valence-corrected chi connectivity index (χ1v) is 5.71. The summed E-state index contributed by atoms with van der Waals surface area (Å²) in [4.78, 5) is 0. The van der Waals surface area contributed by atoms with E-state index in [1.165, 1.54) is 5.56 Å². The predicted octanol–water partition coefficient (Wildman–Crippen LogP) is 0.136. The number of hydrogen-bond donors (Lipinski definition) is 2. The van der Waals surface area contributed by atoms with E-state index in [0.29, 0.717) is 0 Å². The van der Waals surface area contributed by atoms with Gasteiger partial charge in [-0.2, -0.15) is 5.10 Å². The first kappa shape index (κ1) is 13.2. The highest BCUT2D eigenvalue weighted by atomic mass is 16.5. The summed E-state index contributed by atoms with van der Waals surface area (Å²) in [6.45, 7) is 4.66. The zero-order valence-electron chi connectivity index (χ0n) is 10.2. The minimum Gasteiger partial charge on any atom is -0.383 e. The molecule has 1 aromatic rings. The first-order valence-electron chi connectivity index (χ1n) is 5.71. The summed E-state index contributed by atoms with van der Waals surface area (Å²) in [5.41, 5.74) is 1.23. The zero-order valence-corrected chi connectivity index (χ0v) is 10.2. The van der Waals surface area contributed by atoms with Crippen molar-refractivity contribution in [1.29, 1.82) is 0 Å². The first-order chi connectivity index (χ1) is 7.83. The summed E-state index contributed by atoms with van der Waals surface area (Å²) in [6, 6.07) is 0. The van der Waals surface area contributed by atoms with Crippen LogP contribution >= 0.6 is 0 Å². The van der Waals surface area contributed by atoms with Gasteiger partial charge in [-0.3, -0.25) is 4.68 Å². The van der Waals surface area contributed by atoms with E-state index in [0.717, 1.165) is 39.2 Å². The molecule has 0 radical (unpaired) electrons. The second kappa shape index (κ2) is 8.27. The van der Waals surface area contributed by atoms with Crippen molar-refractivity contribution in [3.8, 4) is 0 Å². The summed E-state index contributed by atoms with van der Waals surface area (Å²) < 4.78 is 6.77. The second-order valence-corrected chi connectivity index (χ2v) is 3.80. The maximum absolute atomic E-state index is 4.94. The van der Waals surface area contributed by atoms with Gasteiger partial charge in [-0.05, 0) is 19.5 Å². The molecule has 0 aliphatic carbocycles. The summed E-state index contributed by atoms with van der Waals surface area (Å²) >= 11 is 0. The van der Waals surface area contributed by atoms with Crippen molar-refractivity contribution in [3.63, 3.8) is 0 Å². The van der Waals surface area contributed by atoms with E-state index < -0.39 is 0 Å². The SMILES string of the molecule is COCCNCCCNCc1cnn(C)c1. The van der Waals surface area contributed by atoms with Gasteiger partial charge in [0.15, 0.2) is 0 Å². The van der Waals surface area contributed by atoms with Gasteiger partial charge < -0.3 is 15.4 Å². The van der Waals surface area contributed by atoms with E-state index in [1.54, 1.807) is 7.11 Å². The molecule has 2 N–H and O–H groups in total. The topological polar surface area (TPSA) is 51.1 Å². The number of hydrogen-bond acceptors (Lipinski definition) is 4. The van der Waals surface area contributed by atoms with Crippen LogP contribution in [0.25, 0.3) is 0 Å². The molecule has 92 valence electrons. The van der Waals surface area contributed by atoms with Gasteiger partial charge in [0.05, 0.1) is 12.8 Å². The Hall–Kier alpha value is -0.910. The quantitative estimate of drug-likeness (QED) is 0.588. The molecule has 0 aliphatic rings. The van der Waals surface area contributed by atoms with E-state index in [-0.39, 0.29) is 0 Å². The van der Waals surface area contributed by atoms with Gasteiger partial charge in [-0.25, -0.2) is 0 Å². The molecule has 0 saturated carbocycles. The van der Waals surface area contributed by atoms with E-state index in [4.69, 9.17) is 4.74 Å². The summed E-state index contributed by atoms with van der Waals surface area (Å²) in [5.74, 6) is 0. The number of aromatic nitrogens is 2. The number of rotatable bonds is 9. The molecule has 1 rings (SSSR count). The maximum Gasteiger partial charge on any atom is 0.0587 e. The van der Waals surface area contributed by atoms with Crippen LogP contribution < -0.4 is 10.6 Å². The van der Waals surface area contributed by atoms with E-state index in [2.05, 4.69) is 15.7 Å². The van der Waals surface area contributed by atoms with Gasteiger partial charge in [0.2, 0.25) is 0 Å². The van der Waals surface area contributed by atoms with Gasteiger partial charge in [0, 0.05) is 39.0 Å². The third kappa shape index (κ3) is 5.85. The fraction of sp³-hybridized carbons (Fsp3) is 0.727. The highest BCUT2D eigenvalue weighted by Gasteiger charge is 1.94. The van der Waals surface area contributed by atoms with Gasteiger partial charge in [0.25, 0.3) is 0 Å². The fourth-order valence-corrected chi connectivity index (χ4v) is 1.43. The minimum absolute atomic E-state index is 0.781. The molecule has 1 aromatic heterocycles. The molecular formula is C11H22N4O. The van der Waals surface area contributed by atoms with Gasteiger partial charge in [-0.1, -0.05) is 0 Å². The average molecular weight is 226 g/mol. The van der Waals surface area contributed by atoms with E-state index in [1.807, 2.05) is 24.1 Å². The molecule has 5 nitrogen and oxygen atoms in total. The van der Waals surface area contributed by atoms with Crippen molar-refractivity contribution >= 4 is 0 Å².